The molecule has 0 bridgehead atoms. The monoisotopic (exact) mass is 383 g/mol. The van der Waals surface area contributed by atoms with Crippen molar-refractivity contribution in [3.63, 3.8) is 0 Å². The maximum Gasteiger partial charge on any atom is 0.235 e. The number of nitrogens with one attached hydrogen (secondary N) is 2. The second-order valence-corrected chi connectivity index (χ2v) is 5.93. The summed E-state index contributed by atoms with van der Waals surface area (Å²) in [4.78, 5) is 13.0. The van der Waals surface area contributed by atoms with Gasteiger partial charge >= 0.3 is 0 Å². The predicted octanol–water partition coefficient (Wildman–Crippen LogP) is 2.19. The minimum absolute atomic E-state index is 0.260. The van der Waals surface area contributed by atoms with E-state index in [0.29, 0.717) is 29.4 Å². The lowest BCUT2D eigenvalue weighted by molar-refractivity contribution is -0.117. The van der Waals surface area contributed by atoms with Gasteiger partial charge in [-0.3, -0.25) is 4.79 Å². The number of aromatic nitrogens is 4. The van der Waals surface area contributed by atoms with Crippen LogP contribution in [-0.2, 0) is 11.2 Å². The number of rotatable bonds is 8. The van der Waals surface area contributed by atoms with E-state index >= 15 is 0 Å². The van der Waals surface area contributed by atoms with Gasteiger partial charge in [0.05, 0.1) is 21.3 Å². The SMILES string of the molecule is COc1ccc(CC(C(=O)Nc2ccc(OC)c(OC)c2)c2nn[nH]n2)cc1. The van der Waals surface area contributed by atoms with Crippen LogP contribution in [0.25, 0.3) is 0 Å². The molecule has 0 radical (unpaired) electrons. The number of benzene rings is 2. The third-order valence-electron chi connectivity index (χ3n) is 4.24. The molecule has 0 spiro atoms. The number of amides is 1. The summed E-state index contributed by atoms with van der Waals surface area (Å²) in [6.07, 6.45) is 0.405. The number of carbonyl (C=O) groups is 1. The molecule has 0 saturated heterocycles. The Balaban J connectivity index is 1.81. The van der Waals surface area contributed by atoms with Crippen LogP contribution in [0.15, 0.2) is 42.5 Å². The number of nitrogens with zero attached hydrogens (tertiary/aromatic N) is 3. The molecule has 2 aromatic carbocycles. The van der Waals surface area contributed by atoms with Crippen LogP contribution in [0.5, 0.6) is 17.2 Å². The zero-order valence-electron chi connectivity index (χ0n) is 15.8. The largest absolute Gasteiger partial charge is 0.497 e. The molecule has 0 saturated carbocycles. The summed E-state index contributed by atoms with van der Waals surface area (Å²) in [5.74, 6) is 1.27. The van der Waals surface area contributed by atoms with Crippen LogP contribution in [0.1, 0.15) is 17.3 Å². The predicted molar refractivity (Wildman–Crippen MR) is 102 cm³/mol. The number of tetrazole rings is 1. The van der Waals surface area contributed by atoms with E-state index in [1.807, 2.05) is 24.3 Å². The van der Waals surface area contributed by atoms with E-state index in [1.165, 1.54) is 7.11 Å². The summed E-state index contributed by atoms with van der Waals surface area (Å²) in [5, 5.41) is 16.8. The van der Waals surface area contributed by atoms with Crippen molar-refractivity contribution >= 4 is 11.6 Å². The third-order valence-corrected chi connectivity index (χ3v) is 4.24. The summed E-state index contributed by atoms with van der Waals surface area (Å²) in [7, 11) is 4.69. The summed E-state index contributed by atoms with van der Waals surface area (Å²) in [6, 6.07) is 12.6. The maximum absolute atomic E-state index is 13.0. The second kappa shape index (κ2) is 8.85. The Morgan fingerprint density at radius 3 is 2.39 bits per heavy atom. The molecule has 0 aliphatic heterocycles. The fraction of sp³-hybridized carbons (Fsp3) is 0.263. The maximum atomic E-state index is 13.0. The first-order valence-corrected chi connectivity index (χ1v) is 8.53. The average Bonchev–Trinajstić information content (AvgIpc) is 3.26. The minimum atomic E-state index is -0.625. The zero-order valence-corrected chi connectivity index (χ0v) is 15.8. The van der Waals surface area contributed by atoms with Crippen LogP contribution in [0.4, 0.5) is 5.69 Å². The Labute approximate surface area is 162 Å². The van der Waals surface area contributed by atoms with E-state index in [9.17, 15) is 4.79 Å². The van der Waals surface area contributed by atoms with Gasteiger partial charge in [-0.15, -0.1) is 10.2 Å². The van der Waals surface area contributed by atoms with Gasteiger partial charge in [0.25, 0.3) is 0 Å². The lowest BCUT2D eigenvalue weighted by Crippen LogP contribution is -2.24. The summed E-state index contributed by atoms with van der Waals surface area (Å²) in [5.41, 5.74) is 1.52. The first-order chi connectivity index (χ1) is 13.6. The average molecular weight is 383 g/mol. The van der Waals surface area contributed by atoms with Crippen molar-refractivity contribution in [2.75, 3.05) is 26.6 Å². The van der Waals surface area contributed by atoms with Crippen molar-refractivity contribution in [2.24, 2.45) is 0 Å². The number of anilines is 1. The molecule has 1 atom stereocenters. The Bertz CT molecular complexity index is 913. The van der Waals surface area contributed by atoms with Crippen molar-refractivity contribution in [3.05, 3.63) is 53.9 Å². The summed E-state index contributed by atoms with van der Waals surface area (Å²) >= 11 is 0. The molecule has 3 aromatic rings. The summed E-state index contributed by atoms with van der Waals surface area (Å²) < 4.78 is 15.7. The standard InChI is InChI=1S/C19H21N5O4/c1-26-14-7-4-12(5-8-14)10-15(18-21-23-24-22-18)19(25)20-13-6-9-16(27-2)17(11-13)28-3/h4-9,11,15H,10H2,1-3H3,(H,20,25)(H,21,22,23,24). The van der Waals surface area contributed by atoms with Crippen molar-refractivity contribution in [3.8, 4) is 17.2 Å². The quantitative estimate of drug-likeness (QED) is 0.613. The first kappa shape index (κ1) is 19.2. The van der Waals surface area contributed by atoms with Gasteiger partial charge in [-0.2, -0.15) is 5.21 Å². The molecule has 2 N–H and O–H groups in total. The van der Waals surface area contributed by atoms with Gasteiger partial charge in [-0.05, 0) is 36.2 Å². The van der Waals surface area contributed by atoms with Crippen LogP contribution in [-0.4, -0.2) is 47.9 Å². The molecule has 1 aromatic heterocycles. The molecule has 9 heteroatoms. The lowest BCUT2D eigenvalue weighted by atomic mass is 9.97. The van der Waals surface area contributed by atoms with E-state index in [0.717, 1.165) is 11.3 Å². The van der Waals surface area contributed by atoms with Crippen molar-refractivity contribution in [1.82, 2.24) is 20.6 Å². The molecule has 3 rings (SSSR count). The molecule has 0 fully saturated rings. The van der Waals surface area contributed by atoms with Gasteiger partial charge in [0, 0.05) is 11.8 Å². The normalized spacial score (nSPS) is 11.5. The molecule has 146 valence electrons. The zero-order chi connectivity index (χ0) is 19.9. The molecule has 28 heavy (non-hydrogen) atoms. The minimum Gasteiger partial charge on any atom is -0.497 e. The number of carbonyl (C=O) groups excluding carboxylic acids is 1. The number of hydrogen-bond acceptors (Lipinski definition) is 7. The number of methoxy groups -OCH3 is 3. The van der Waals surface area contributed by atoms with E-state index < -0.39 is 5.92 Å². The molecule has 9 nitrogen and oxygen atoms in total. The lowest BCUT2D eigenvalue weighted by Gasteiger charge is -2.15. The van der Waals surface area contributed by atoms with E-state index in [2.05, 4.69) is 25.9 Å². The molecule has 0 aliphatic carbocycles. The molecule has 0 aliphatic rings. The van der Waals surface area contributed by atoms with Gasteiger partial charge in [-0.25, -0.2) is 0 Å². The fourth-order valence-electron chi connectivity index (χ4n) is 2.76. The number of aromatic amines is 1. The van der Waals surface area contributed by atoms with Crippen LogP contribution in [0, 0.1) is 0 Å². The van der Waals surface area contributed by atoms with Gasteiger partial charge in [-0.1, -0.05) is 17.3 Å². The van der Waals surface area contributed by atoms with Crippen molar-refractivity contribution in [2.45, 2.75) is 12.3 Å². The highest BCUT2D eigenvalue weighted by molar-refractivity contribution is 5.95. The highest BCUT2D eigenvalue weighted by atomic mass is 16.5. The summed E-state index contributed by atoms with van der Waals surface area (Å²) in [6.45, 7) is 0. The van der Waals surface area contributed by atoms with Gasteiger partial charge in [0.2, 0.25) is 5.91 Å². The molecular formula is C19H21N5O4. The first-order valence-electron chi connectivity index (χ1n) is 8.53. The van der Waals surface area contributed by atoms with Crippen LogP contribution < -0.4 is 19.5 Å². The highest BCUT2D eigenvalue weighted by Crippen LogP contribution is 2.30. The Morgan fingerprint density at radius 2 is 1.79 bits per heavy atom. The Morgan fingerprint density at radius 1 is 1.04 bits per heavy atom. The number of hydrogen-bond donors (Lipinski definition) is 2. The van der Waals surface area contributed by atoms with Gasteiger partial charge in [0.15, 0.2) is 17.3 Å². The van der Waals surface area contributed by atoms with E-state index in [1.54, 1.807) is 32.4 Å². The highest BCUT2D eigenvalue weighted by Gasteiger charge is 2.26. The van der Waals surface area contributed by atoms with Crippen LogP contribution in [0.3, 0.4) is 0 Å². The third kappa shape index (κ3) is 4.37. The second-order valence-electron chi connectivity index (χ2n) is 5.93. The molecule has 1 unspecified atom stereocenters. The molecule has 1 heterocycles. The smallest absolute Gasteiger partial charge is 0.235 e. The molecular weight excluding hydrogens is 362 g/mol. The van der Waals surface area contributed by atoms with Gasteiger partial charge in [0.1, 0.15) is 11.7 Å². The van der Waals surface area contributed by atoms with Crippen molar-refractivity contribution in [1.29, 1.82) is 0 Å². The van der Waals surface area contributed by atoms with Crippen LogP contribution in [0.2, 0.25) is 0 Å². The number of H-pyrrole nitrogens is 1. The van der Waals surface area contributed by atoms with E-state index in [4.69, 9.17) is 14.2 Å². The van der Waals surface area contributed by atoms with Crippen molar-refractivity contribution < 1.29 is 19.0 Å². The Hall–Kier alpha value is -3.62. The molecule has 1 amide bonds. The Kier molecular flexibility index (Phi) is 6.05. The topological polar surface area (TPSA) is 111 Å². The van der Waals surface area contributed by atoms with Crippen LogP contribution >= 0.6 is 0 Å². The number of ether oxygens (including phenoxy) is 3. The fourth-order valence-corrected chi connectivity index (χ4v) is 2.76. The van der Waals surface area contributed by atoms with E-state index in [-0.39, 0.29) is 5.91 Å². The van der Waals surface area contributed by atoms with Gasteiger partial charge < -0.3 is 19.5 Å².